The minimum absolute atomic E-state index is 0.161. The van der Waals surface area contributed by atoms with Gasteiger partial charge in [-0.15, -0.1) is 0 Å². The number of halogens is 3. The third-order valence-electron chi connectivity index (χ3n) is 2.99. The number of thioether (sulfide) groups is 1. The third kappa shape index (κ3) is 6.03. The topological polar surface area (TPSA) is 32.3 Å². The van der Waals surface area contributed by atoms with E-state index < -0.39 is 18.8 Å². The van der Waals surface area contributed by atoms with Gasteiger partial charge in [0.15, 0.2) is 0 Å². The second kappa shape index (κ2) is 7.38. The zero-order valence-corrected chi connectivity index (χ0v) is 12.1. The fourth-order valence-electron chi connectivity index (χ4n) is 2.00. The molecule has 112 valence electrons. The van der Waals surface area contributed by atoms with E-state index in [1.54, 1.807) is 30.5 Å². The predicted molar refractivity (Wildman–Crippen MR) is 71.2 cm³/mol. The molecule has 1 aliphatic rings. The van der Waals surface area contributed by atoms with Crippen molar-refractivity contribution in [1.29, 1.82) is 0 Å². The molecule has 0 unspecified atom stereocenters. The molecule has 0 aromatic rings. The molecule has 0 aromatic carbocycles. The summed E-state index contributed by atoms with van der Waals surface area (Å²) in [5.74, 6) is 1.49. The average molecular weight is 298 g/mol. The van der Waals surface area contributed by atoms with Crippen LogP contribution in [-0.2, 0) is 4.79 Å². The summed E-state index contributed by atoms with van der Waals surface area (Å²) >= 11 is 1.78. The summed E-state index contributed by atoms with van der Waals surface area (Å²) in [5.41, 5.74) is 0. The fraction of sp³-hybridized carbons (Fsp3) is 0.917. The lowest BCUT2D eigenvalue weighted by molar-refractivity contribution is -0.139. The van der Waals surface area contributed by atoms with Crippen LogP contribution in [0.3, 0.4) is 0 Å². The molecule has 1 N–H and O–H groups in total. The Hall–Kier alpha value is -0.430. The van der Waals surface area contributed by atoms with Crippen LogP contribution < -0.4 is 5.32 Å². The molecule has 0 saturated carbocycles. The highest BCUT2D eigenvalue weighted by atomic mass is 32.2. The van der Waals surface area contributed by atoms with E-state index in [0.29, 0.717) is 13.1 Å². The summed E-state index contributed by atoms with van der Waals surface area (Å²) < 4.78 is 36.8. The van der Waals surface area contributed by atoms with Crippen molar-refractivity contribution in [3.63, 3.8) is 0 Å². The molecule has 1 amide bonds. The van der Waals surface area contributed by atoms with E-state index in [1.165, 1.54) is 0 Å². The van der Waals surface area contributed by atoms with Gasteiger partial charge in [0.05, 0.1) is 12.6 Å². The minimum atomic E-state index is -4.29. The van der Waals surface area contributed by atoms with E-state index in [2.05, 4.69) is 5.32 Å². The molecule has 0 radical (unpaired) electrons. The van der Waals surface area contributed by atoms with E-state index in [-0.39, 0.29) is 11.8 Å². The molecule has 1 atom stereocenters. The molecule has 19 heavy (non-hydrogen) atoms. The number of alkyl halides is 3. The summed E-state index contributed by atoms with van der Waals surface area (Å²) in [6, 6.07) is -0.760. The third-order valence-corrected chi connectivity index (χ3v) is 4.04. The molecule has 3 nitrogen and oxygen atoms in total. The smallest absolute Gasteiger partial charge is 0.340 e. The van der Waals surface area contributed by atoms with Crippen LogP contribution in [0, 0.1) is 5.92 Å². The maximum Gasteiger partial charge on any atom is 0.401 e. The van der Waals surface area contributed by atoms with Crippen molar-refractivity contribution in [3.05, 3.63) is 0 Å². The number of hydrogen-bond acceptors (Lipinski definition) is 3. The minimum Gasteiger partial charge on any atom is -0.340 e. The van der Waals surface area contributed by atoms with Gasteiger partial charge in [0.1, 0.15) is 0 Å². The Labute approximate surface area is 116 Å². The van der Waals surface area contributed by atoms with Gasteiger partial charge in [-0.25, -0.2) is 0 Å². The Kier molecular flexibility index (Phi) is 6.46. The summed E-state index contributed by atoms with van der Waals surface area (Å²) in [6.07, 6.45) is -3.39. The molecule has 1 saturated heterocycles. The van der Waals surface area contributed by atoms with Crippen LogP contribution in [0.25, 0.3) is 0 Å². The van der Waals surface area contributed by atoms with Crippen molar-refractivity contribution in [2.24, 2.45) is 5.92 Å². The normalized spacial score (nSPS) is 19.4. The first-order chi connectivity index (χ1) is 8.81. The van der Waals surface area contributed by atoms with Gasteiger partial charge in [0.2, 0.25) is 5.91 Å². The highest BCUT2D eigenvalue weighted by molar-refractivity contribution is 7.99. The largest absolute Gasteiger partial charge is 0.401 e. The van der Waals surface area contributed by atoms with Crippen LogP contribution in [0.15, 0.2) is 0 Å². The highest BCUT2D eigenvalue weighted by Gasteiger charge is 2.33. The second-order valence-electron chi connectivity index (χ2n) is 5.01. The van der Waals surface area contributed by atoms with E-state index in [0.717, 1.165) is 17.9 Å². The first kappa shape index (κ1) is 16.6. The maximum atomic E-state index is 12.3. The van der Waals surface area contributed by atoms with Gasteiger partial charge in [0.25, 0.3) is 0 Å². The van der Waals surface area contributed by atoms with Crippen LogP contribution in [-0.4, -0.2) is 54.2 Å². The van der Waals surface area contributed by atoms with Crippen LogP contribution in [0.1, 0.15) is 20.3 Å². The number of nitrogens with zero attached hydrogens (tertiary/aromatic N) is 1. The van der Waals surface area contributed by atoms with Gasteiger partial charge in [-0.1, -0.05) is 13.8 Å². The molecule has 0 spiro atoms. The van der Waals surface area contributed by atoms with Crippen LogP contribution in [0.2, 0.25) is 0 Å². The lowest BCUT2D eigenvalue weighted by Gasteiger charge is -2.29. The first-order valence-electron chi connectivity index (χ1n) is 6.48. The standard InChI is InChI=1S/C12H21F3N2OS/c1-9(2)10(16-8-12(13,14)15)11(18)17-4-3-6-19-7-5-17/h9-10,16H,3-8H2,1-2H3/t10-/m0/s1. The molecule has 1 heterocycles. The van der Waals surface area contributed by atoms with Crippen molar-refractivity contribution in [2.45, 2.75) is 32.5 Å². The SMILES string of the molecule is CC(C)[C@H](NCC(F)(F)F)C(=O)N1CCCSCC1. The molecule has 0 bridgehead atoms. The summed E-state index contributed by atoms with van der Waals surface area (Å²) in [4.78, 5) is 14.0. The average Bonchev–Trinajstić information content (AvgIpc) is 2.55. The molecule has 1 fully saturated rings. The molecular formula is C12H21F3N2OS. The van der Waals surface area contributed by atoms with Crippen molar-refractivity contribution in [3.8, 4) is 0 Å². The quantitative estimate of drug-likeness (QED) is 0.863. The molecular weight excluding hydrogens is 277 g/mol. The van der Waals surface area contributed by atoms with Crippen molar-refractivity contribution in [2.75, 3.05) is 31.1 Å². The van der Waals surface area contributed by atoms with Crippen molar-refractivity contribution < 1.29 is 18.0 Å². The molecule has 7 heteroatoms. The number of carbonyl (C=O) groups is 1. The highest BCUT2D eigenvalue weighted by Crippen LogP contribution is 2.16. The summed E-state index contributed by atoms with van der Waals surface area (Å²) in [6.45, 7) is 3.67. The summed E-state index contributed by atoms with van der Waals surface area (Å²) in [7, 11) is 0. The molecule has 1 aliphatic heterocycles. The molecule has 0 aliphatic carbocycles. The van der Waals surface area contributed by atoms with E-state index in [4.69, 9.17) is 0 Å². The number of rotatable bonds is 4. The zero-order chi connectivity index (χ0) is 14.5. The number of carbonyl (C=O) groups excluding carboxylic acids is 1. The van der Waals surface area contributed by atoms with Crippen LogP contribution in [0.5, 0.6) is 0 Å². The van der Waals surface area contributed by atoms with E-state index in [9.17, 15) is 18.0 Å². The Balaban J connectivity index is 2.61. The zero-order valence-electron chi connectivity index (χ0n) is 11.3. The monoisotopic (exact) mass is 298 g/mol. The first-order valence-corrected chi connectivity index (χ1v) is 7.63. The lowest BCUT2D eigenvalue weighted by Crippen LogP contribution is -2.52. The van der Waals surface area contributed by atoms with Crippen molar-refractivity contribution >= 4 is 17.7 Å². The molecule has 1 rings (SSSR count). The fourth-order valence-corrected chi connectivity index (χ4v) is 2.88. The lowest BCUT2D eigenvalue weighted by atomic mass is 10.0. The molecule has 0 aromatic heterocycles. The van der Waals surface area contributed by atoms with Crippen molar-refractivity contribution in [1.82, 2.24) is 10.2 Å². The Morgan fingerprint density at radius 2 is 2.00 bits per heavy atom. The van der Waals surface area contributed by atoms with Gasteiger partial charge in [-0.3, -0.25) is 10.1 Å². The van der Waals surface area contributed by atoms with Gasteiger partial charge in [-0.05, 0) is 18.1 Å². The van der Waals surface area contributed by atoms with Gasteiger partial charge >= 0.3 is 6.18 Å². The van der Waals surface area contributed by atoms with Crippen LogP contribution in [0.4, 0.5) is 13.2 Å². The Morgan fingerprint density at radius 3 is 2.58 bits per heavy atom. The Bertz CT molecular complexity index is 289. The second-order valence-corrected chi connectivity index (χ2v) is 6.23. The Morgan fingerprint density at radius 1 is 1.32 bits per heavy atom. The van der Waals surface area contributed by atoms with E-state index >= 15 is 0 Å². The van der Waals surface area contributed by atoms with Gasteiger partial charge in [-0.2, -0.15) is 24.9 Å². The maximum absolute atomic E-state index is 12.3. The predicted octanol–water partition coefficient (Wildman–Crippen LogP) is 2.13. The number of hydrogen-bond donors (Lipinski definition) is 1. The van der Waals surface area contributed by atoms with E-state index in [1.807, 2.05) is 0 Å². The number of nitrogens with one attached hydrogen (secondary N) is 1. The summed E-state index contributed by atoms with van der Waals surface area (Å²) in [5, 5.41) is 2.35. The number of amides is 1. The van der Waals surface area contributed by atoms with Crippen LogP contribution >= 0.6 is 11.8 Å². The van der Waals surface area contributed by atoms with Gasteiger partial charge < -0.3 is 4.90 Å². The van der Waals surface area contributed by atoms with Gasteiger partial charge in [0, 0.05) is 18.8 Å².